The van der Waals surface area contributed by atoms with Gasteiger partial charge in [0.25, 0.3) is 0 Å². The standard InChI is InChI=1S/C79H154O17P2/c1-69(2)55-47-39-31-25-20-16-13-11-9-10-12-14-18-23-29-35-45-53-61-78(83)96-75(66-90-77(82)60-52-44-38-37-42-50-58-72(7)8)68-94-98(87,88)92-64-73(80)63-91-97(85,86)93-67-74(95-79(84)62-54-46-36-30-24-27-33-41-49-57-71(5)6)65-89-76(81)59-51-43-34-28-22-19-15-17-21-26-32-40-48-56-70(3)4/h69-75,80H,9-68H2,1-8H3,(H,85,86)(H,87,88)/t73?,74-,75-/m1/s1. The summed E-state index contributed by atoms with van der Waals surface area (Å²) in [4.78, 5) is 72.9. The first-order valence-corrected chi connectivity index (χ1v) is 43.7. The van der Waals surface area contributed by atoms with E-state index < -0.39 is 97.5 Å². The SMILES string of the molecule is CC(C)CCCCCCCCCCCCCCCCCCCCC(=O)O[C@H](COC(=O)CCCCCCCCC(C)C)COP(=O)(O)OCC(O)COP(=O)(O)OC[C@@H](COC(=O)CCCCCCCCCCCCCCCC(C)C)OC(=O)CCCCCCCCCCCC(C)C. The molecule has 17 nitrogen and oxygen atoms in total. The van der Waals surface area contributed by atoms with E-state index in [1.165, 1.54) is 199 Å². The second-order valence-corrected chi connectivity index (χ2v) is 33.3. The second-order valence-electron chi connectivity index (χ2n) is 30.4. The maximum atomic E-state index is 13.1. The van der Waals surface area contributed by atoms with Crippen LogP contribution in [0.1, 0.15) is 402 Å². The predicted molar refractivity (Wildman–Crippen MR) is 400 cm³/mol. The molecular weight excluding hydrogens is 1280 g/mol. The van der Waals surface area contributed by atoms with Crippen LogP contribution in [0.4, 0.5) is 0 Å². The van der Waals surface area contributed by atoms with Gasteiger partial charge in [-0.05, 0) is 49.4 Å². The molecule has 0 spiro atoms. The lowest BCUT2D eigenvalue weighted by atomic mass is 10.0. The summed E-state index contributed by atoms with van der Waals surface area (Å²) in [5, 5.41) is 10.6. The van der Waals surface area contributed by atoms with Crippen LogP contribution in [0.5, 0.6) is 0 Å². The lowest BCUT2D eigenvalue weighted by Crippen LogP contribution is -2.30. The third-order valence-corrected chi connectivity index (χ3v) is 20.2. The van der Waals surface area contributed by atoms with E-state index in [4.69, 9.17) is 37.0 Å². The molecule has 19 heteroatoms. The molecule has 0 fully saturated rings. The van der Waals surface area contributed by atoms with Gasteiger partial charge in [0.1, 0.15) is 19.3 Å². The molecule has 0 radical (unpaired) electrons. The average molecular weight is 1440 g/mol. The van der Waals surface area contributed by atoms with Gasteiger partial charge in [-0.2, -0.15) is 0 Å². The molecule has 0 bridgehead atoms. The zero-order valence-electron chi connectivity index (χ0n) is 64.4. The molecule has 0 aromatic rings. The molecule has 0 amide bonds. The largest absolute Gasteiger partial charge is 0.472 e. The third-order valence-electron chi connectivity index (χ3n) is 18.3. The number of phosphoric acid groups is 2. The van der Waals surface area contributed by atoms with Crippen molar-refractivity contribution in [1.82, 2.24) is 0 Å². The van der Waals surface area contributed by atoms with E-state index in [1.807, 2.05) is 0 Å². The summed E-state index contributed by atoms with van der Waals surface area (Å²) < 4.78 is 68.6. The van der Waals surface area contributed by atoms with Crippen LogP contribution in [0.25, 0.3) is 0 Å². The van der Waals surface area contributed by atoms with Crippen LogP contribution in [0.2, 0.25) is 0 Å². The summed E-state index contributed by atoms with van der Waals surface area (Å²) in [6, 6.07) is 0. The molecular formula is C79H154O17P2. The monoisotopic (exact) mass is 1440 g/mol. The summed E-state index contributed by atoms with van der Waals surface area (Å²) in [5.74, 6) is 0.907. The lowest BCUT2D eigenvalue weighted by Gasteiger charge is -2.21. The number of unbranched alkanes of at least 4 members (excludes halogenated alkanes) is 42. The van der Waals surface area contributed by atoms with Crippen molar-refractivity contribution >= 4 is 39.5 Å². The summed E-state index contributed by atoms with van der Waals surface area (Å²) in [7, 11) is -9.92. The quantitative estimate of drug-likeness (QED) is 0.0222. The molecule has 0 aromatic heterocycles. The molecule has 5 atom stereocenters. The molecule has 3 N–H and O–H groups in total. The van der Waals surface area contributed by atoms with Crippen molar-refractivity contribution in [2.24, 2.45) is 23.7 Å². The zero-order chi connectivity index (χ0) is 72.4. The highest BCUT2D eigenvalue weighted by Gasteiger charge is 2.30. The molecule has 0 aliphatic carbocycles. The Morgan fingerprint density at radius 3 is 0.633 bits per heavy atom. The molecule has 0 saturated carbocycles. The molecule has 0 rings (SSSR count). The molecule has 0 aromatic carbocycles. The molecule has 0 aliphatic rings. The van der Waals surface area contributed by atoms with E-state index in [0.717, 1.165) is 114 Å². The van der Waals surface area contributed by atoms with Gasteiger partial charge in [-0.25, -0.2) is 9.13 Å². The second kappa shape index (κ2) is 68.2. The van der Waals surface area contributed by atoms with Crippen LogP contribution in [-0.2, 0) is 65.4 Å². The van der Waals surface area contributed by atoms with Crippen LogP contribution in [0.15, 0.2) is 0 Å². The number of rotatable bonds is 76. The van der Waals surface area contributed by atoms with Crippen LogP contribution in [-0.4, -0.2) is 96.7 Å². The zero-order valence-corrected chi connectivity index (χ0v) is 66.2. The number of esters is 4. The first-order valence-electron chi connectivity index (χ1n) is 40.7. The van der Waals surface area contributed by atoms with Crippen LogP contribution >= 0.6 is 15.6 Å². The smallest absolute Gasteiger partial charge is 0.462 e. The lowest BCUT2D eigenvalue weighted by molar-refractivity contribution is -0.161. The fourth-order valence-corrected chi connectivity index (χ4v) is 13.7. The minimum atomic E-state index is -4.96. The van der Waals surface area contributed by atoms with Gasteiger partial charge in [0.15, 0.2) is 12.2 Å². The minimum Gasteiger partial charge on any atom is -0.462 e. The molecule has 0 heterocycles. The fourth-order valence-electron chi connectivity index (χ4n) is 12.1. The van der Waals surface area contributed by atoms with E-state index >= 15 is 0 Å². The number of carbonyl (C=O) groups excluding carboxylic acids is 4. The Balaban J connectivity index is 5.17. The van der Waals surface area contributed by atoms with Gasteiger partial charge in [0, 0.05) is 25.7 Å². The van der Waals surface area contributed by atoms with E-state index in [2.05, 4.69) is 55.4 Å². The number of carbonyl (C=O) groups is 4. The van der Waals surface area contributed by atoms with Crippen molar-refractivity contribution in [3.05, 3.63) is 0 Å². The maximum absolute atomic E-state index is 13.1. The first kappa shape index (κ1) is 96.1. The number of hydrogen-bond acceptors (Lipinski definition) is 15. The Morgan fingerprint density at radius 1 is 0.255 bits per heavy atom. The third kappa shape index (κ3) is 72.4. The van der Waals surface area contributed by atoms with E-state index in [0.29, 0.717) is 31.6 Å². The van der Waals surface area contributed by atoms with Gasteiger partial charge in [-0.15, -0.1) is 0 Å². The van der Waals surface area contributed by atoms with Crippen molar-refractivity contribution in [3.63, 3.8) is 0 Å². The van der Waals surface area contributed by atoms with Crippen molar-refractivity contribution in [3.8, 4) is 0 Å². The Hall–Kier alpha value is -1.94. The maximum Gasteiger partial charge on any atom is 0.472 e. The Kier molecular flexibility index (Phi) is 66.8. The summed E-state index contributed by atoms with van der Waals surface area (Å²) >= 11 is 0. The predicted octanol–water partition coefficient (Wildman–Crippen LogP) is 23.2. The molecule has 3 unspecified atom stereocenters. The van der Waals surface area contributed by atoms with E-state index in [-0.39, 0.29) is 25.7 Å². The summed E-state index contributed by atoms with van der Waals surface area (Å²) in [5.41, 5.74) is 0. The van der Waals surface area contributed by atoms with Crippen molar-refractivity contribution in [1.29, 1.82) is 0 Å². The Labute approximate surface area is 600 Å². The summed E-state index contributed by atoms with van der Waals surface area (Å²) in [6.07, 6.45) is 54.4. The van der Waals surface area contributed by atoms with E-state index in [1.54, 1.807) is 0 Å². The van der Waals surface area contributed by atoms with E-state index in [9.17, 15) is 43.2 Å². The van der Waals surface area contributed by atoms with Crippen LogP contribution in [0.3, 0.4) is 0 Å². The van der Waals surface area contributed by atoms with Gasteiger partial charge < -0.3 is 33.8 Å². The Morgan fingerprint density at radius 2 is 0.429 bits per heavy atom. The number of hydrogen-bond donors (Lipinski definition) is 3. The topological polar surface area (TPSA) is 237 Å². The average Bonchev–Trinajstić information content (AvgIpc) is 0.974. The van der Waals surface area contributed by atoms with Crippen molar-refractivity contribution in [2.75, 3.05) is 39.6 Å². The van der Waals surface area contributed by atoms with Crippen molar-refractivity contribution < 1.29 is 80.2 Å². The highest BCUT2D eigenvalue weighted by molar-refractivity contribution is 7.47. The Bertz CT molecular complexity index is 1920. The van der Waals surface area contributed by atoms with Crippen LogP contribution in [0, 0.1) is 23.7 Å². The van der Waals surface area contributed by atoms with Crippen molar-refractivity contribution in [2.45, 2.75) is 420 Å². The van der Waals surface area contributed by atoms with Gasteiger partial charge in [0.05, 0.1) is 26.4 Å². The minimum absolute atomic E-state index is 0.105. The van der Waals surface area contributed by atoms with Crippen LogP contribution < -0.4 is 0 Å². The number of aliphatic hydroxyl groups is 1. The number of ether oxygens (including phenoxy) is 4. The normalized spacial score (nSPS) is 14.1. The first-order chi connectivity index (χ1) is 47.1. The summed E-state index contributed by atoms with van der Waals surface area (Å²) in [6.45, 7) is 14.2. The fraction of sp³-hybridized carbons (Fsp3) is 0.949. The molecule has 0 saturated heterocycles. The van der Waals surface area contributed by atoms with Gasteiger partial charge >= 0.3 is 39.5 Å². The van der Waals surface area contributed by atoms with Gasteiger partial charge in [-0.3, -0.25) is 37.3 Å². The molecule has 0 aliphatic heterocycles. The highest BCUT2D eigenvalue weighted by atomic mass is 31.2. The van der Waals surface area contributed by atoms with Gasteiger partial charge in [0.2, 0.25) is 0 Å². The number of phosphoric ester groups is 2. The molecule has 98 heavy (non-hydrogen) atoms. The van der Waals surface area contributed by atoms with Gasteiger partial charge in [-0.1, -0.05) is 351 Å². The number of aliphatic hydroxyl groups excluding tert-OH is 1. The highest BCUT2D eigenvalue weighted by Crippen LogP contribution is 2.45. The molecule has 582 valence electrons.